The largest absolute Gasteiger partial charge is 0.392 e. The van der Waals surface area contributed by atoms with Crippen LogP contribution in [0.25, 0.3) is 0 Å². The highest BCUT2D eigenvalue weighted by Crippen LogP contribution is 2.24. The minimum atomic E-state index is -3.65. The second kappa shape index (κ2) is 5.23. The topological polar surface area (TPSA) is 79.3 Å². The monoisotopic (exact) mass is 304 g/mol. The molecule has 96 valence electrons. The van der Waals surface area contributed by atoms with Gasteiger partial charge in [-0.1, -0.05) is 35.1 Å². The van der Waals surface area contributed by atoms with Gasteiger partial charge in [-0.05, 0) is 17.7 Å². The van der Waals surface area contributed by atoms with E-state index in [-0.39, 0.29) is 15.3 Å². The van der Waals surface area contributed by atoms with Gasteiger partial charge in [0.05, 0.1) is 12.8 Å². The van der Waals surface area contributed by atoms with Crippen molar-refractivity contribution < 1.29 is 13.5 Å². The zero-order valence-corrected chi connectivity index (χ0v) is 11.4. The van der Waals surface area contributed by atoms with Gasteiger partial charge in [-0.25, -0.2) is 13.4 Å². The molecule has 0 bridgehead atoms. The Morgan fingerprint density at radius 1 is 1.33 bits per heavy atom. The molecule has 1 aromatic heterocycles. The fraction of sp³-hybridized carbons (Fsp3) is 0.100. The normalized spacial score (nSPS) is 11.4. The summed E-state index contributed by atoms with van der Waals surface area (Å²) in [6.45, 7) is -0.0858. The van der Waals surface area contributed by atoms with E-state index in [9.17, 15) is 8.42 Å². The number of nitrogens with one attached hydrogen (secondary N) is 1. The molecule has 0 aliphatic carbocycles. The Morgan fingerprint density at radius 3 is 2.50 bits per heavy atom. The van der Waals surface area contributed by atoms with E-state index in [1.165, 1.54) is 6.20 Å². The first-order valence-corrected chi connectivity index (χ1v) is 7.53. The molecule has 5 nitrogen and oxygen atoms in total. The van der Waals surface area contributed by atoms with Crippen LogP contribution in [0.1, 0.15) is 5.56 Å². The number of anilines is 1. The second-order valence-electron chi connectivity index (χ2n) is 3.39. The van der Waals surface area contributed by atoms with Gasteiger partial charge in [0.1, 0.15) is 0 Å². The standard InChI is InChI=1S/C10H9ClN2O3S2/c11-10-12-5-9(17-10)18(15,16)13-8-3-1-7(6-14)2-4-8/h1-5,13-14H,6H2. The third kappa shape index (κ3) is 2.99. The zero-order chi connectivity index (χ0) is 13.2. The van der Waals surface area contributed by atoms with Gasteiger partial charge in [-0.2, -0.15) is 0 Å². The van der Waals surface area contributed by atoms with E-state index in [1.807, 2.05) is 0 Å². The maximum absolute atomic E-state index is 11.9. The minimum Gasteiger partial charge on any atom is -0.392 e. The number of halogens is 1. The van der Waals surface area contributed by atoms with E-state index in [4.69, 9.17) is 16.7 Å². The fourth-order valence-electron chi connectivity index (χ4n) is 1.25. The van der Waals surface area contributed by atoms with Gasteiger partial charge in [0.25, 0.3) is 10.0 Å². The van der Waals surface area contributed by atoms with Crippen molar-refractivity contribution in [1.82, 2.24) is 4.98 Å². The summed E-state index contributed by atoms with van der Waals surface area (Å²) in [5, 5.41) is 8.88. The Hall–Kier alpha value is -1.15. The van der Waals surface area contributed by atoms with Crippen molar-refractivity contribution in [3.8, 4) is 0 Å². The number of benzene rings is 1. The number of aliphatic hydroxyl groups is 1. The summed E-state index contributed by atoms with van der Waals surface area (Å²) in [6, 6.07) is 6.42. The van der Waals surface area contributed by atoms with Crippen LogP contribution in [0.15, 0.2) is 34.7 Å². The molecule has 1 aromatic carbocycles. The van der Waals surface area contributed by atoms with Crippen molar-refractivity contribution in [2.75, 3.05) is 4.72 Å². The molecule has 0 aliphatic rings. The van der Waals surface area contributed by atoms with Crippen LogP contribution in [-0.2, 0) is 16.6 Å². The number of rotatable bonds is 4. The van der Waals surface area contributed by atoms with Gasteiger partial charge in [-0.3, -0.25) is 4.72 Å². The second-order valence-corrected chi connectivity index (χ2v) is 6.91. The molecule has 1 heterocycles. The van der Waals surface area contributed by atoms with E-state index in [0.717, 1.165) is 11.3 Å². The van der Waals surface area contributed by atoms with Gasteiger partial charge < -0.3 is 5.11 Å². The quantitative estimate of drug-likeness (QED) is 0.906. The lowest BCUT2D eigenvalue weighted by atomic mass is 10.2. The van der Waals surface area contributed by atoms with Gasteiger partial charge in [0, 0.05) is 5.69 Å². The smallest absolute Gasteiger partial charge is 0.273 e. The van der Waals surface area contributed by atoms with Crippen molar-refractivity contribution in [2.24, 2.45) is 0 Å². The minimum absolute atomic E-state index is 0.0544. The van der Waals surface area contributed by atoms with Gasteiger partial charge >= 0.3 is 0 Å². The summed E-state index contributed by atoms with van der Waals surface area (Å²) in [6.07, 6.45) is 1.21. The number of nitrogens with zero attached hydrogens (tertiary/aromatic N) is 1. The van der Waals surface area contributed by atoms with Crippen LogP contribution in [0.5, 0.6) is 0 Å². The summed E-state index contributed by atoms with van der Waals surface area (Å²) in [7, 11) is -3.65. The number of hydrogen-bond donors (Lipinski definition) is 2. The molecule has 0 saturated carbocycles. The molecule has 2 N–H and O–H groups in total. The number of thiazole rings is 1. The van der Waals surface area contributed by atoms with Crippen molar-refractivity contribution in [1.29, 1.82) is 0 Å². The van der Waals surface area contributed by atoms with Gasteiger partial charge in [0.15, 0.2) is 8.68 Å². The van der Waals surface area contributed by atoms with Crippen molar-refractivity contribution in [2.45, 2.75) is 10.8 Å². The lowest BCUT2D eigenvalue weighted by Crippen LogP contribution is -2.11. The first-order valence-electron chi connectivity index (χ1n) is 4.85. The Morgan fingerprint density at radius 2 is 2.00 bits per heavy atom. The summed E-state index contributed by atoms with van der Waals surface area (Å²) in [5.41, 5.74) is 1.12. The number of sulfonamides is 1. The first-order chi connectivity index (χ1) is 8.51. The van der Waals surface area contributed by atoms with E-state index in [1.54, 1.807) is 24.3 Å². The predicted octanol–water partition coefficient (Wildman–Crippen LogP) is 2.09. The van der Waals surface area contributed by atoms with Crippen LogP contribution < -0.4 is 4.72 Å². The third-order valence-electron chi connectivity index (χ3n) is 2.11. The molecule has 0 saturated heterocycles. The highest BCUT2D eigenvalue weighted by atomic mass is 35.5. The average molecular weight is 305 g/mol. The molecule has 0 aliphatic heterocycles. The SMILES string of the molecule is O=S(=O)(Nc1ccc(CO)cc1)c1cnc(Cl)s1. The number of aliphatic hydroxyl groups excluding tert-OH is 1. The van der Waals surface area contributed by atoms with Crippen molar-refractivity contribution >= 4 is 38.6 Å². The average Bonchev–Trinajstić information content (AvgIpc) is 2.77. The van der Waals surface area contributed by atoms with Crippen LogP contribution in [0.4, 0.5) is 5.69 Å². The van der Waals surface area contributed by atoms with Crippen molar-refractivity contribution in [3.63, 3.8) is 0 Å². The first kappa shape index (κ1) is 13.3. The van der Waals surface area contributed by atoms with Crippen molar-refractivity contribution in [3.05, 3.63) is 40.5 Å². The lowest BCUT2D eigenvalue weighted by molar-refractivity contribution is 0.282. The maximum Gasteiger partial charge on any atom is 0.273 e. The van der Waals surface area contributed by atoms with E-state index >= 15 is 0 Å². The number of hydrogen-bond acceptors (Lipinski definition) is 5. The molecule has 0 radical (unpaired) electrons. The maximum atomic E-state index is 11.9. The Balaban J connectivity index is 2.22. The van der Waals surface area contributed by atoms with Gasteiger partial charge in [-0.15, -0.1) is 0 Å². The summed E-state index contributed by atoms with van der Waals surface area (Å²) < 4.78 is 26.5. The Kier molecular flexibility index (Phi) is 3.86. The molecule has 0 atom stereocenters. The van der Waals surface area contributed by atoms with Crippen LogP contribution in [0.2, 0.25) is 4.47 Å². The van der Waals surface area contributed by atoms with Crippen LogP contribution in [-0.4, -0.2) is 18.5 Å². The number of aromatic nitrogens is 1. The molecule has 2 aromatic rings. The summed E-state index contributed by atoms with van der Waals surface area (Å²) in [4.78, 5) is 3.68. The lowest BCUT2D eigenvalue weighted by Gasteiger charge is -2.06. The third-order valence-corrected chi connectivity index (χ3v) is 5.07. The van der Waals surface area contributed by atoms with E-state index < -0.39 is 10.0 Å². The zero-order valence-electron chi connectivity index (χ0n) is 9.00. The van der Waals surface area contributed by atoms with Crippen LogP contribution >= 0.6 is 22.9 Å². The molecule has 0 amide bonds. The highest BCUT2D eigenvalue weighted by molar-refractivity contribution is 7.94. The Bertz CT molecular complexity index is 637. The predicted molar refractivity (Wildman–Crippen MR) is 70.3 cm³/mol. The Labute approximate surface area is 113 Å². The summed E-state index contributed by atoms with van der Waals surface area (Å²) >= 11 is 6.48. The van der Waals surface area contributed by atoms with Crippen LogP contribution in [0, 0.1) is 0 Å². The highest BCUT2D eigenvalue weighted by Gasteiger charge is 2.17. The molecule has 0 unspecified atom stereocenters. The molecular weight excluding hydrogens is 296 g/mol. The van der Waals surface area contributed by atoms with E-state index in [2.05, 4.69) is 9.71 Å². The summed E-state index contributed by atoms with van der Waals surface area (Å²) in [5.74, 6) is 0. The molecule has 8 heteroatoms. The molecule has 18 heavy (non-hydrogen) atoms. The van der Waals surface area contributed by atoms with Gasteiger partial charge in [0.2, 0.25) is 0 Å². The molecule has 2 rings (SSSR count). The van der Waals surface area contributed by atoms with Crippen LogP contribution in [0.3, 0.4) is 0 Å². The molecule has 0 spiro atoms. The fourth-order valence-corrected chi connectivity index (χ4v) is 3.60. The van der Waals surface area contributed by atoms with E-state index in [0.29, 0.717) is 11.3 Å². The molecule has 0 fully saturated rings. The molecular formula is C10H9ClN2O3S2.